The largest absolute Gasteiger partial charge is 0.488 e. The number of carbonyl (C=O) groups is 1. The number of imidazole rings is 1. The van der Waals surface area contributed by atoms with Crippen molar-refractivity contribution in [1.29, 1.82) is 0 Å². The van der Waals surface area contributed by atoms with Crippen LogP contribution < -0.4 is 4.74 Å². The van der Waals surface area contributed by atoms with Crippen LogP contribution in [-0.4, -0.2) is 47.1 Å². The predicted molar refractivity (Wildman–Crippen MR) is 88.5 cm³/mol. The maximum atomic E-state index is 12.8. The van der Waals surface area contributed by atoms with E-state index in [4.69, 9.17) is 9.47 Å². The zero-order valence-electron chi connectivity index (χ0n) is 13.5. The topological polar surface area (TPSA) is 67.5 Å². The molecular weight excluding hydrogens is 306 g/mol. The maximum absolute atomic E-state index is 12.8. The van der Waals surface area contributed by atoms with Crippen molar-refractivity contribution < 1.29 is 14.3 Å². The summed E-state index contributed by atoms with van der Waals surface area (Å²) in [7, 11) is 0. The molecule has 1 fully saturated rings. The van der Waals surface area contributed by atoms with Gasteiger partial charge >= 0.3 is 0 Å². The van der Waals surface area contributed by atoms with Gasteiger partial charge < -0.3 is 19.4 Å². The van der Waals surface area contributed by atoms with E-state index in [1.165, 1.54) is 0 Å². The summed E-state index contributed by atoms with van der Waals surface area (Å²) >= 11 is 0. The van der Waals surface area contributed by atoms with Gasteiger partial charge in [-0.3, -0.25) is 4.79 Å². The number of aromatic nitrogens is 2. The second-order valence-corrected chi connectivity index (χ2v) is 6.06. The van der Waals surface area contributed by atoms with E-state index in [2.05, 4.69) is 9.97 Å². The van der Waals surface area contributed by atoms with Crippen molar-refractivity contribution in [2.24, 2.45) is 0 Å². The molecule has 0 bridgehead atoms. The number of benzene rings is 1. The van der Waals surface area contributed by atoms with Crippen molar-refractivity contribution in [3.05, 3.63) is 53.1 Å². The van der Waals surface area contributed by atoms with E-state index in [0.717, 1.165) is 22.8 Å². The molecule has 124 valence electrons. The van der Waals surface area contributed by atoms with Gasteiger partial charge in [0.05, 0.1) is 18.7 Å². The number of aryl methyl sites for hydroxylation is 1. The first-order chi connectivity index (χ1) is 11.7. The number of nitrogens with one attached hydrogen (secondary N) is 1. The normalized spacial score (nSPS) is 20.1. The molecule has 6 heteroatoms. The lowest BCUT2D eigenvalue weighted by Crippen LogP contribution is -2.44. The van der Waals surface area contributed by atoms with Crippen LogP contribution in [0.3, 0.4) is 0 Å². The second-order valence-electron chi connectivity index (χ2n) is 6.06. The Morgan fingerprint density at radius 2 is 2.25 bits per heavy atom. The molecule has 1 amide bonds. The lowest BCUT2D eigenvalue weighted by molar-refractivity contribution is -0.135. The average Bonchev–Trinajstić information content (AvgIpc) is 3.07. The number of hydrogen-bond acceptors (Lipinski definition) is 4. The molecule has 0 unspecified atom stereocenters. The van der Waals surface area contributed by atoms with Crippen molar-refractivity contribution in [2.45, 2.75) is 13.0 Å². The van der Waals surface area contributed by atoms with Crippen LogP contribution >= 0.6 is 0 Å². The van der Waals surface area contributed by atoms with Crippen LogP contribution in [-0.2, 0) is 9.53 Å². The highest BCUT2D eigenvalue weighted by molar-refractivity contribution is 5.99. The summed E-state index contributed by atoms with van der Waals surface area (Å²) in [4.78, 5) is 22.2. The van der Waals surface area contributed by atoms with E-state index in [9.17, 15) is 4.79 Å². The fourth-order valence-corrected chi connectivity index (χ4v) is 3.04. The number of H-pyrrole nitrogens is 1. The van der Waals surface area contributed by atoms with Gasteiger partial charge in [0.15, 0.2) is 0 Å². The van der Waals surface area contributed by atoms with Crippen molar-refractivity contribution in [2.75, 3.05) is 26.3 Å². The molecule has 0 spiro atoms. The Bertz CT molecular complexity index is 796. The SMILES string of the molecule is Cc1cnc([C@@H]2CN(C(=O)C3=Cc4ccccc4OC3)CCO2)[nH]1. The molecule has 0 aliphatic carbocycles. The molecule has 6 nitrogen and oxygen atoms in total. The Kier molecular flexibility index (Phi) is 3.82. The molecule has 1 saturated heterocycles. The van der Waals surface area contributed by atoms with Crippen LogP contribution in [0.1, 0.15) is 23.2 Å². The first kappa shape index (κ1) is 15.0. The van der Waals surface area contributed by atoms with Gasteiger partial charge in [0.2, 0.25) is 0 Å². The quantitative estimate of drug-likeness (QED) is 0.918. The van der Waals surface area contributed by atoms with E-state index in [1.807, 2.05) is 42.2 Å². The Labute approximate surface area is 140 Å². The Balaban J connectivity index is 1.51. The van der Waals surface area contributed by atoms with Gasteiger partial charge in [-0.1, -0.05) is 18.2 Å². The van der Waals surface area contributed by atoms with Crippen molar-refractivity contribution in [1.82, 2.24) is 14.9 Å². The van der Waals surface area contributed by atoms with Gasteiger partial charge in [0.1, 0.15) is 24.3 Å². The van der Waals surface area contributed by atoms with Crippen LogP contribution in [0.4, 0.5) is 0 Å². The van der Waals surface area contributed by atoms with E-state index >= 15 is 0 Å². The number of carbonyl (C=O) groups excluding carboxylic acids is 1. The molecule has 0 saturated carbocycles. The summed E-state index contributed by atoms with van der Waals surface area (Å²) in [5, 5.41) is 0. The number of morpholine rings is 1. The summed E-state index contributed by atoms with van der Waals surface area (Å²) in [6.45, 7) is 3.82. The van der Waals surface area contributed by atoms with Crippen molar-refractivity contribution in [3.8, 4) is 5.75 Å². The average molecular weight is 325 g/mol. The van der Waals surface area contributed by atoms with Crippen LogP contribution in [0.15, 0.2) is 36.0 Å². The highest BCUT2D eigenvalue weighted by Gasteiger charge is 2.29. The molecule has 2 aromatic rings. The van der Waals surface area contributed by atoms with E-state index < -0.39 is 0 Å². The molecule has 1 aromatic carbocycles. The number of rotatable bonds is 2. The monoisotopic (exact) mass is 325 g/mol. The first-order valence-electron chi connectivity index (χ1n) is 8.05. The zero-order chi connectivity index (χ0) is 16.5. The van der Waals surface area contributed by atoms with Crippen LogP contribution in [0.25, 0.3) is 6.08 Å². The van der Waals surface area contributed by atoms with Gasteiger partial charge in [0.25, 0.3) is 5.91 Å². The van der Waals surface area contributed by atoms with Crippen LogP contribution in [0.5, 0.6) is 5.75 Å². The Morgan fingerprint density at radius 3 is 3.08 bits per heavy atom. The molecule has 3 heterocycles. The molecular formula is C18H19N3O3. The second kappa shape index (κ2) is 6.13. The van der Waals surface area contributed by atoms with Crippen LogP contribution in [0, 0.1) is 6.92 Å². The van der Waals surface area contributed by atoms with Gasteiger partial charge in [-0.05, 0) is 19.1 Å². The zero-order valence-corrected chi connectivity index (χ0v) is 13.5. The van der Waals surface area contributed by atoms with Gasteiger partial charge in [-0.2, -0.15) is 0 Å². The number of nitrogens with zero attached hydrogens (tertiary/aromatic N) is 2. The molecule has 24 heavy (non-hydrogen) atoms. The van der Waals surface area contributed by atoms with Crippen molar-refractivity contribution >= 4 is 12.0 Å². The minimum absolute atomic E-state index is 0.00100. The summed E-state index contributed by atoms with van der Waals surface area (Å²) in [6, 6.07) is 7.74. The molecule has 0 radical (unpaired) electrons. The van der Waals surface area contributed by atoms with Gasteiger partial charge in [-0.15, -0.1) is 0 Å². The van der Waals surface area contributed by atoms with E-state index in [-0.39, 0.29) is 12.0 Å². The molecule has 2 aliphatic rings. The highest BCUT2D eigenvalue weighted by atomic mass is 16.5. The standard InChI is InChI=1S/C18H19N3O3/c1-12-9-19-17(20-12)16-10-21(6-7-23-16)18(22)14-8-13-4-2-3-5-15(13)24-11-14/h2-5,8-9,16H,6-7,10-11H2,1H3,(H,19,20)/t16-/m0/s1. The Hall–Kier alpha value is -2.60. The minimum Gasteiger partial charge on any atom is -0.488 e. The first-order valence-corrected chi connectivity index (χ1v) is 8.05. The smallest absolute Gasteiger partial charge is 0.253 e. The summed E-state index contributed by atoms with van der Waals surface area (Å²) in [5.74, 6) is 1.59. The van der Waals surface area contributed by atoms with E-state index in [1.54, 1.807) is 6.20 Å². The number of hydrogen-bond donors (Lipinski definition) is 1. The lowest BCUT2D eigenvalue weighted by atomic mass is 10.1. The molecule has 1 aromatic heterocycles. The third-order valence-corrected chi connectivity index (χ3v) is 4.29. The molecule has 4 rings (SSSR count). The fraction of sp³-hybridized carbons (Fsp3) is 0.333. The number of para-hydroxylation sites is 1. The van der Waals surface area contributed by atoms with Crippen LogP contribution in [0.2, 0.25) is 0 Å². The molecule has 1 N–H and O–H groups in total. The van der Waals surface area contributed by atoms with E-state index in [0.29, 0.717) is 31.9 Å². The third kappa shape index (κ3) is 2.80. The lowest BCUT2D eigenvalue weighted by Gasteiger charge is -2.33. The number of aromatic amines is 1. The number of ether oxygens (including phenoxy) is 2. The predicted octanol–water partition coefficient (Wildman–Crippen LogP) is 2.09. The number of fused-ring (bicyclic) bond motifs is 1. The Morgan fingerprint density at radius 1 is 1.38 bits per heavy atom. The summed E-state index contributed by atoms with van der Waals surface area (Å²) < 4.78 is 11.5. The van der Waals surface area contributed by atoms with Crippen molar-refractivity contribution in [3.63, 3.8) is 0 Å². The van der Waals surface area contributed by atoms with Gasteiger partial charge in [-0.25, -0.2) is 4.98 Å². The summed E-state index contributed by atoms with van der Waals surface area (Å²) in [6.07, 6.45) is 3.48. The fourth-order valence-electron chi connectivity index (χ4n) is 3.04. The molecule has 1 atom stereocenters. The third-order valence-electron chi connectivity index (χ3n) is 4.29. The maximum Gasteiger partial charge on any atom is 0.253 e. The highest BCUT2D eigenvalue weighted by Crippen LogP contribution is 2.27. The number of amides is 1. The minimum atomic E-state index is -0.214. The van der Waals surface area contributed by atoms with Gasteiger partial charge in [0, 0.05) is 24.0 Å². The summed E-state index contributed by atoms with van der Waals surface area (Å²) in [5.41, 5.74) is 2.60. The molecule has 2 aliphatic heterocycles.